The van der Waals surface area contributed by atoms with E-state index in [4.69, 9.17) is 0 Å². The van der Waals surface area contributed by atoms with Crippen molar-refractivity contribution in [2.75, 3.05) is 0 Å². The van der Waals surface area contributed by atoms with Crippen LogP contribution in [-0.2, 0) is 14.6 Å². The van der Waals surface area contributed by atoms with E-state index in [0.29, 0.717) is 12.8 Å². The van der Waals surface area contributed by atoms with Crippen LogP contribution in [0.5, 0.6) is 0 Å². The summed E-state index contributed by atoms with van der Waals surface area (Å²) in [5.41, 5.74) is 0. The van der Waals surface area contributed by atoms with Crippen LogP contribution in [-0.4, -0.2) is 18.9 Å². The van der Waals surface area contributed by atoms with Crippen molar-refractivity contribution in [3.05, 3.63) is 43.0 Å². The van der Waals surface area contributed by atoms with E-state index in [1.165, 1.54) is 0 Å². The second-order valence-electron chi connectivity index (χ2n) is 6.27. The first-order valence-corrected chi connectivity index (χ1v) is 8.90. The molecule has 0 N–H and O–H groups in total. The van der Waals surface area contributed by atoms with Crippen molar-refractivity contribution in [1.82, 2.24) is 0 Å². The molecule has 2 saturated carbocycles. The predicted molar refractivity (Wildman–Crippen MR) is 81.6 cm³/mol. The monoisotopic (exact) mass is 304 g/mol. The fraction of sp³-hybridized carbons (Fsp3) is 0.471. The van der Waals surface area contributed by atoms with Crippen molar-refractivity contribution in [3.8, 4) is 0 Å². The zero-order chi connectivity index (χ0) is 15.3. The molecule has 21 heavy (non-hydrogen) atoms. The van der Waals surface area contributed by atoms with E-state index in [0.717, 1.165) is 6.42 Å². The average molecular weight is 304 g/mol. The Morgan fingerprint density at radius 1 is 1.29 bits per heavy atom. The van der Waals surface area contributed by atoms with Gasteiger partial charge in [-0.1, -0.05) is 31.2 Å². The number of hydrogen-bond acceptors (Lipinski definition) is 3. The third kappa shape index (κ3) is 1.78. The average Bonchev–Trinajstić information content (AvgIpc) is 2.68. The Kier molecular flexibility index (Phi) is 3.32. The number of carbonyl (C=O) groups is 1. The largest absolute Gasteiger partial charge is 0.298 e. The molecule has 1 aromatic carbocycles. The Morgan fingerprint density at radius 2 is 1.95 bits per heavy atom. The fourth-order valence-corrected chi connectivity index (χ4v) is 6.40. The van der Waals surface area contributed by atoms with Crippen LogP contribution in [0.3, 0.4) is 0 Å². The summed E-state index contributed by atoms with van der Waals surface area (Å²) in [5.74, 6) is -0.234. The number of rotatable bonds is 3. The molecule has 3 rings (SSSR count). The molecule has 0 unspecified atom stereocenters. The molecule has 2 fully saturated rings. The van der Waals surface area contributed by atoms with Gasteiger partial charge in [-0.2, -0.15) is 0 Å². The number of hydrogen-bond donors (Lipinski definition) is 0. The third-order valence-electron chi connectivity index (χ3n) is 5.34. The Balaban J connectivity index is 2.19. The molecule has 0 aliphatic heterocycles. The van der Waals surface area contributed by atoms with Crippen molar-refractivity contribution in [2.45, 2.75) is 35.8 Å². The Bertz CT molecular complexity index is 677. The van der Waals surface area contributed by atoms with Gasteiger partial charge in [-0.3, -0.25) is 4.79 Å². The minimum atomic E-state index is -3.69. The summed E-state index contributed by atoms with van der Waals surface area (Å²) in [6.07, 6.45) is 3.50. The second-order valence-corrected chi connectivity index (χ2v) is 8.48. The van der Waals surface area contributed by atoms with Gasteiger partial charge in [0.1, 0.15) is 4.75 Å². The third-order valence-corrected chi connectivity index (χ3v) is 7.90. The van der Waals surface area contributed by atoms with Crippen LogP contribution in [0.4, 0.5) is 0 Å². The van der Waals surface area contributed by atoms with Crippen LogP contribution in [0.2, 0.25) is 0 Å². The van der Waals surface area contributed by atoms with Gasteiger partial charge in [0, 0.05) is 11.8 Å². The summed E-state index contributed by atoms with van der Waals surface area (Å²) in [6.45, 7) is 5.85. The molecule has 2 aliphatic rings. The molecule has 0 heterocycles. The summed E-state index contributed by atoms with van der Waals surface area (Å²) >= 11 is 0. The van der Waals surface area contributed by atoms with Crippen molar-refractivity contribution in [3.63, 3.8) is 0 Å². The molecule has 2 aliphatic carbocycles. The van der Waals surface area contributed by atoms with Gasteiger partial charge in [0.2, 0.25) is 0 Å². The van der Waals surface area contributed by atoms with Gasteiger partial charge in [0.25, 0.3) is 0 Å². The Morgan fingerprint density at radius 3 is 2.57 bits per heavy atom. The highest BCUT2D eigenvalue weighted by Crippen LogP contribution is 2.54. The van der Waals surface area contributed by atoms with Crippen LogP contribution >= 0.6 is 0 Å². The molecule has 4 heteroatoms. The first kappa shape index (κ1) is 14.5. The highest BCUT2D eigenvalue weighted by Gasteiger charge is 2.64. The maximum Gasteiger partial charge on any atom is 0.191 e. The van der Waals surface area contributed by atoms with E-state index in [2.05, 4.69) is 6.58 Å². The molecule has 0 spiro atoms. The first-order valence-electron chi connectivity index (χ1n) is 7.41. The maximum absolute atomic E-state index is 13.2. The van der Waals surface area contributed by atoms with E-state index >= 15 is 0 Å². The number of allylic oxidation sites excluding steroid dienone is 1. The topological polar surface area (TPSA) is 51.2 Å². The first-order chi connectivity index (χ1) is 9.95. The molecular formula is C17H20O3S. The summed E-state index contributed by atoms with van der Waals surface area (Å²) < 4.78 is 25.1. The lowest BCUT2D eigenvalue weighted by Gasteiger charge is -2.36. The number of fused-ring (bicyclic) bond motifs is 2. The number of Topliss-reactive ketones (excluding diaryl/α,β-unsaturated/α-hetero) is 1. The SMILES string of the molecule is C=C[C@H]1C[C@H]2C(=O)[C@@]1(S(=O)(=O)c1ccccc1)CC[C@H]2C. The second kappa shape index (κ2) is 4.80. The highest BCUT2D eigenvalue weighted by molar-refractivity contribution is 7.93. The van der Waals surface area contributed by atoms with Gasteiger partial charge in [0.15, 0.2) is 15.6 Å². The van der Waals surface area contributed by atoms with E-state index in [-0.39, 0.29) is 28.4 Å². The summed E-state index contributed by atoms with van der Waals surface area (Å²) in [4.78, 5) is 13.1. The predicted octanol–water partition coefficient (Wildman–Crippen LogP) is 3.02. The molecule has 2 bridgehead atoms. The lowest BCUT2D eigenvalue weighted by molar-refractivity contribution is -0.126. The summed E-state index contributed by atoms with van der Waals surface area (Å²) in [5, 5.41) is 0. The molecule has 1 aromatic rings. The lowest BCUT2D eigenvalue weighted by Crippen LogP contribution is -2.51. The van der Waals surface area contributed by atoms with Crippen molar-refractivity contribution in [1.29, 1.82) is 0 Å². The van der Waals surface area contributed by atoms with E-state index < -0.39 is 14.6 Å². The smallest absolute Gasteiger partial charge is 0.191 e. The minimum absolute atomic E-state index is 0.0880. The number of benzene rings is 1. The van der Waals surface area contributed by atoms with Gasteiger partial charge in [-0.05, 0) is 37.3 Å². The zero-order valence-electron chi connectivity index (χ0n) is 12.2. The molecule has 4 atom stereocenters. The van der Waals surface area contributed by atoms with Crippen LogP contribution in [0.15, 0.2) is 47.9 Å². The maximum atomic E-state index is 13.2. The molecule has 0 saturated heterocycles. The minimum Gasteiger partial charge on any atom is -0.298 e. The van der Waals surface area contributed by atoms with Crippen molar-refractivity contribution < 1.29 is 13.2 Å². The van der Waals surface area contributed by atoms with Crippen LogP contribution < -0.4 is 0 Å². The number of sulfone groups is 1. The van der Waals surface area contributed by atoms with Gasteiger partial charge in [0.05, 0.1) is 4.90 Å². The molecular weight excluding hydrogens is 284 g/mol. The molecule has 0 radical (unpaired) electrons. The fourth-order valence-electron chi connectivity index (χ4n) is 4.07. The lowest BCUT2D eigenvalue weighted by atomic mass is 9.79. The van der Waals surface area contributed by atoms with E-state index in [1.807, 2.05) is 6.92 Å². The van der Waals surface area contributed by atoms with Gasteiger partial charge in [-0.15, -0.1) is 6.58 Å². The normalized spacial score (nSPS) is 35.7. The van der Waals surface area contributed by atoms with E-state index in [9.17, 15) is 13.2 Å². The molecule has 0 amide bonds. The highest BCUT2D eigenvalue weighted by atomic mass is 32.2. The van der Waals surface area contributed by atoms with Crippen LogP contribution in [0, 0.1) is 17.8 Å². The van der Waals surface area contributed by atoms with Crippen molar-refractivity contribution in [2.24, 2.45) is 17.8 Å². The summed E-state index contributed by atoms with van der Waals surface area (Å²) in [6, 6.07) is 8.36. The van der Waals surface area contributed by atoms with Gasteiger partial charge >= 0.3 is 0 Å². The van der Waals surface area contributed by atoms with Gasteiger partial charge < -0.3 is 0 Å². The summed E-state index contributed by atoms with van der Waals surface area (Å²) in [7, 11) is -3.69. The van der Waals surface area contributed by atoms with Crippen LogP contribution in [0.25, 0.3) is 0 Å². The molecule has 0 aromatic heterocycles. The Hall–Kier alpha value is -1.42. The Labute approximate surface area is 126 Å². The number of ketones is 1. The molecule has 112 valence electrons. The standard InChI is InChI=1S/C17H20O3S/c1-3-13-11-15-12(2)9-10-17(13,16(15)18)21(19,20)14-7-5-4-6-8-14/h3-8,12-13,15H,1,9-11H2,2H3/t12-,13+,15-,17-/m1/s1. The zero-order valence-corrected chi connectivity index (χ0v) is 13.0. The molecule has 3 nitrogen and oxygen atoms in total. The quantitative estimate of drug-likeness (QED) is 0.807. The number of carbonyl (C=O) groups excluding carboxylic acids is 1. The van der Waals surface area contributed by atoms with Crippen molar-refractivity contribution >= 4 is 15.6 Å². The van der Waals surface area contributed by atoms with Crippen LogP contribution in [0.1, 0.15) is 26.2 Å². The van der Waals surface area contributed by atoms with E-state index in [1.54, 1.807) is 36.4 Å². The van der Waals surface area contributed by atoms with Gasteiger partial charge in [-0.25, -0.2) is 8.42 Å².